The molecule has 0 saturated heterocycles. The van der Waals surface area contributed by atoms with Gasteiger partial charge in [0.05, 0.1) is 0 Å². The van der Waals surface area contributed by atoms with Gasteiger partial charge in [-0.3, -0.25) is 0 Å². The minimum absolute atomic E-state index is 0.726. The number of benzene rings is 1. The van der Waals surface area contributed by atoms with Crippen LogP contribution in [-0.2, 0) is 0 Å². The second-order valence-corrected chi connectivity index (χ2v) is 6.22. The SMILES string of the molecule is CCNC1CCCC(c2cccc3ccsc23)C1. The Kier molecular flexibility index (Phi) is 3.67. The van der Waals surface area contributed by atoms with Gasteiger partial charge in [0.1, 0.15) is 0 Å². The Morgan fingerprint density at radius 3 is 3.11 bits per heavy atom. The van der Waals surface area contributed by atoms with E-state index in [4.69, 9.17) is 0 Å². The summed E-state index contributed by atoms with van der Waals surface area (Å²) in [6, 6.07) is 9.77. The van der Waals surface area contributed by atoms with Gasteiger partial charge in [-0.1, -0.05) is 31.5 Å². The van der Waals surface area contributed by atoms with Crippen molar-refractivity contribution in [3.63, 3.8) is 0 Å². The van der Waals surface area contributed by atoms with Crippen molar-refractivity contribution in [1.29, 1.82) is 0 Å². The third-order valence-electron chi connectivity index (χ3n) is 4.12. The zero-order valence-corrected chi connectivity index (χ0v) is 11.8. The zero-order valence-electron chi connectivity index (χ0n) is 11.0. The van der Waals surface area contributed by atoms with Gasteiger partial charge in [0.2, 0.25) is 0 Å². The van der Waals surface area contributed by atoms with Crippen LogP contribution in [0.2, 0.25) is 0 Å². The van der Waals surface area contributed by atoms with Crippen LogP contribution < -0.4 is 5.32 Å². The molecule has 3 rings (SSSR count). The van der Waals surface area contributed by atoms with Crippen LogP contribution in [0, 0.1) is 0 Å². The predicted molar refractivity (Wildman–Crippen MR) is 80.5 cm³/mol. The normalized spacial score (nSPS) is 24.5. The fraction of sp³-hybridized carbons (Fsp3) is 0.500. The van der Waals surface area contributed by atoms with Crippen LogP contribution in [0.25, 0.3) is 10.1 Å². The molecular formula is C16H21NS. The van der Waals surface area contributed by atoms with Crippen LogP contribution >= 0.6 is 11.3 Å². The van der Waals surface area contributed by atoms with Gasteiger partial charge >= 0.3 is 0 Å². The molecule has 2 unspecified atom stereocenters. The lowest BCUT2D eigenvalue weighted by Gasteiger charge is -2.30. The molecule has 1 fully saturated rings. The first-order valence-corrected chi connectivity index (χ1v) is 7.96. The summed E-state index contributed by atoms with van der Waals surface area (Å²) in [4.78, 5) is 0. The molecule has 0 spiro atoms. The molecule has 1 heterocycles. The third-order valence-corrected chi connectivity index (χ3v) is 5.10. The zero-order chi connectivity index (χ0) is 12.4. The van der Waals surface area contributed by atoms with E-state index in [0.717, 1.165) is 18.5 Å². The van der Waals surface area contributed by atoms with Gasteiger partial charge < -0.3 is 5.32 Å². The van der Waals surface area contributed by atoms with Gasteiger partial charge in [0.25, 0.3) is 0 Å². The van der Waals surface area contributed by atoms with Crippen LogP contribution in [0.15, 0.2) is 29.6 Å². The third kappa shape index (κ3) is 2.32. The van der Waals surface area contributed by atoms with Crippen molar-refractivity contribution in [3.05, 3.63) is 35.2 Å². The number of thiophene rings is 1. The number of hydrogen-bond acceptors (Lipinski definition) is 2. The van der Waals surface area contributed by atoms with E-state index in [1.54, 1.807) is 5.56 Å². The van der Waals surface area contributed by atoms with Crippen molar-refractivity contribution >= 4 is 21.4 Å². The molecule has 1 aliphatic rings. The van der Waals surface area contributed by atoms with Crippen LogP contribution in [0.4, 0.5) is 0 Å². The molecule has 1 aliphatic carbocycles. The molecule has 0 amide bonds. The minimum Gasteiger partial charge on any atom is -0.314 e. The molecule has 1 nitrogen and oxygen atoms in total. The summed E-state index contributed by atoms with van der Waals surface area (Å²) in [7, 11) is 0. The van der Waals surface area contributed by atoms with E-state index in [9.17, 15) is 0 Å². The van der Waals surface area contributed by atoms with E-state index in [0.29, 0.717) is 0 Å². The molecular weight excluding hydrogens is 238 g/mol. The van der Waals surface area contributed by atoms with Gasteiger partial charge in [-0.15, -0.1) is 11.3 Å². The molecule has 2 aromatic rings. The summed E-state index contributed by atoms with van der Waals surface area (Å²) >= 11 is 1.90. The monoisotopic (exact) mass is 259 g/mol. The Hall–Kier alpha value is -0.860. The smallest absolute Gasteiger partial charge is 0.0377 e. The van der Waals surface area contributed by atoms with Crippen molar-refractivity contribution in [2.45, 2.75) is 44.6 Å². The van der Waals surface area contributed by atoms with Gasteiger partial charge in [-0.05, 0) is 54.1 Å². The Labute approximate surface area is 113 Å². The molecule has 1 aromatic heterocycles. The predicted octanol–water partition coefficient (Wildman–Crippen LogP) is 4.54. The van der Waals surface area contributed by atoms with Crippen molar-refractivity contribution in [1.82, 2.24) is 5.32 Å². The fourth-order valence-electron chi connectivity index (χ4n) is 3.28. The maximum absolute atomic E-state index is 3.63. The highest BCUT2D eigenvalue weighted by Gasteiger charge is 2.23. The molecule has 1 N–H and O–H groups in total. The van der Waals surface area contributed by atoms with Crippen LogP contribution in [-0.4, -0.2) is 12.6 Å². The highest BCUT2D eigenvalue weighted by molar-refractivity contribution is 7.17. The van der Waals surface area contributed by atoms with Gasteiger partial charge in [-0.2, -0.15) is 0 Å². The van der Waals surface area contributed by atoms with Gasteiger partial charge in [-0.25, -0.2) is 0 Å². The van der Waals surface area contributed by atoms with Crippen LogP contribution in [0.5, 0.6) is 0 Å². The Morgan fingerprint density at radius 2 is 2.22 bits per heavy atom. The van der Waals surface area contributed by atoms with E-state index in [-0.39, 0.29) is 0 Å². The van der Waals surface area contributed by atoms with Crippen molar-refractivity contribution in [2.24, 2.45) is 0 Å². The topological polar surface area (TPSA) is 12.0 Å². The lowest BCUT2D eigenvalue weighted by atomic mass is 9.81. The maximum atomic E-state index is 3.63. The van der Waals surface area contributed by atoms with Gasteiger partial charge in [0, 0.05) is 10.7 Å². The van der Waals surface area contributed by atoms with Crippen LogP contribution in [0.3, 0.4) is 0 Å². The Bertz CT molecular complexity index is 515. The van der Waals surface area contributed by atoms with Crippen molar-refractivity contribution < 1.29 is 0 Å². The first kappa shape index (κ1) is 12.2. The van der Waals surface area contributed by atoms with E-state index in [2.05, 4.69) is 41.9 Å². The van der Waals surface area contributed by atoms with E-state index in [1.807, 2.05) is 11.3 Å². The summed E-state index contributed by atoms with van der Waals surface area (Å²) in [6.45, 7) is 3.31. The summed E-state index contributed by atoms with van der Waals surface area (Å²) in [5.41, 5.74) is 1.59. The maximum Gasteiger partial charge on any atom is 0.0377 e. The number of hydrogen-bond donors (Lipinski definition) is 1. The molecule has 0 bridgehead atoms. The first-order chi connectivity index (χ1) is 8.88. The van der Waals surface area contributed by atoms with Gasteiger partial charge in [0.15, 0.2) is 0 Å². The Morgan fingerprint density at radius 1 is 1.28 bits per heavy atom. The van der Waals surface area contributed by atoms with Crippen LogP contribution in [0.1, 0.15) is 44.1 Å². The summed E-state index contributed by atoms with van der Waals surface area (Å²) in [6.07, 6.45) is 5.39. The van der Waals surface area contributed by atoms with E-state index >= 15 is 0 Å². The summed E-state index contributed by atoms with van der Waals surface area (Å²) < 4.78 is 1.51. The highest BCUT2D eigenvalue weighted by atomic mass is 32.1. The second-order valence-electron chi connectivity index (χ2n) is 5.30. The number of rotatable bonds is 3. The standard InChI is InChI=1S/C16H21NS/c1-2-17-14-7-3-6-13(11-14)15-8-4-5-12-9-10-18-16(12)15/h4-5,8-10,13-14,17H,2-3,6-7,11H2,1H3. The quantitative estimate of drug-likeness (QED) is 0.853. The summed E-state index contributed by atoms with van der Waals surface area (Å²) in [5, 5.41) is 7.27. The minimum atomic E-state index is 0.726. The molecule has 1 saturated carbocycles. The Balaban J connectivity index is 1.87. The van der Waals surface area contributed by atoms with E-state index < -0.39 is 0 Å². The lowest BCUT2D eigenvalue weighted by Crippen LogP contribution is -2.33. The average molecular weight is 259 g/mol. The second kappa shape index (κ2) is 5.41. The molecule has 0 radical (unpaired) electrons. The lowest BCUT2D eigenvalue weighted by molar-refractivity contribution is 0.345. The van der Waals surface area contributed by atoms with Crippen molar-refractivity contribution in [3.8, 4) is 0 Å². The van der Waals surface area contributed by atoms with Crippen molar-refractivity contribution in [2.75, 3.05) is 6.54 Å². The highest BCUT2D eigenvalue weighted by Crippen LogP contribution is 2.38. The molecule has 2 heteroatoms. The molecule has 2 atom stereocenters. The molecule has 96 valence electrons. The summed E-state index contributed by atoms with van der Waals surface area (Å²) in [5.74, 6) is 0.755. The number of fused-ring (bicyclic) bond motifs is 1. The molecule has 0 aliphatic heterocycles. The van der Waals surface area contributed by atoms with E-state index in [1.165, 1.54) is 35.8 Å². The fourth-order valence-corrected chi connectivity index (χ4v) is 4.28. The first-order valence-electron chi connectivity index (χ1n) is 7.08. The largest absolute Gasteiger partial charge is 0.314 e. The molecule has 18 heavy (non-hydrogen) atoms. The average Bonchev–Trinajstić information content (AvgIpc) is 2.87. The molecule has 1 aromatic carbocycles. The number of nitrogens with one attached hydrogen (secondary N) is 1.